The molecule has 1 aliphatic rings. The second-order valence-corrected chi connectivity index (χ2v) is 6.72. The molecule has 0 bridgehead atoms. The molecule has 0 aromatic carbocycles. The van der Waals surface area contributed by atoms with E-state index in [1.807, 2.05) is 23.7 Å². The number of nitriles is 1. The minimum Gasteiger partial charge on any atom is -0.328 e. The molecule has 3 rings (SSSR count). The molecule has 2 aromatic heterocycles. The number of nitrogens with one attached hydrogen (secondary N) is 3. The third-order valence-electron chi connectivity index (χ3n) is 4.25. The van der Waals surface area contributed by atoms with Gasteiger partial charge < -0.3 is 10.2 Å². The van der Waals surface area contributed by atoms with E-state index < -0.39 is 0 Å². The lowest BCUT2D eigenvalue weighted by molar-refractivity contribution is -0.900. The minimum atomic E-state index is -0.0136. The summed E-state index contributed by atoms with van der Waals surface area (Å²) >= 11 is 1.39. The predicted molar refractivity (Wildman–Crippen MR) is 93.1 cm³/mol. The van der Waals surface area contributed by atoms with Crippen LogP contribution in [-0.4, -0.2) is 38.6 Å². The van der Waals surface area contributed by atoms with Crippen LogP contribution >= 0.6 is 11.3 Å². The molecule has 0 aliphatic carbocycles. The Morgan fingerprint density at radius 2 is 2.21 bits per heavy atom. The van der Waals surface area contributed by atoms with Crippen molar-refractivity contribution in [2.24, 2.45) is 0 Å². The average molecular weight is 343 g/mol. The van der Waals surface area contributed by atoms with Crippen LogP contribution in [0.4, 0.5) is 10.8 Å². The normalized spacial score (nSPS) is 15.0. The number of quaternary nitrogens is 1. The molecule has 0 radical (unpaired) electrons. The summed E-state index contributed by atoms with van der Waals surface area (Å²) in [6.45, 7) is 4.85. The molecule has 6 nitrogen and oxygen atoms in total. The smallest absolute Gasteiger partial charge is 0.274 e. The Balaban J connectivity index is 1.42. The number of nitrogens with zero attached hydrogens (tertiary/aromatic N) is 2. The van der Waals surface area contributed by atoms with Crippen LogP contribution in [0.3, 0.4) is 0 Å². The molecule has 0 saturated carbocycles. The van der Waals surface area contributed by atoms with Crippen LogP contribution in [-0.2, 0) is 4.79 Å². The monoisotopic (exact) mass is 343 g/mol. The average Bonchev–Trinajstić information content (AvgIpc) is 3.08. The molecule has 3 N–H and O–H groups in total. The first-order chi connectivity index (χ1) is 11.8. The van der Waals surface area contributed by atoms with Crippen LogP contribution in [0.25, 0.3) is 0 Å². The fraction of sp³-hybridized carbons (Fsp3) is 0.353. The SMILES string of the molecule is N#Cc1ccsc1NC(=O)CC[NH+]1CCN(c2cccc[nH+]2)CC1. The fourth-order valence-corrected chi connectivity index (χ4v) is 3.62. The van der Waals surface area contributed by atoms with E-state index in [9.17, 15) is 4.79 Å². The fourth-order valence-electron chi connectivity index (χ4n) is 2.87. The van der Waals surface area contributed by atoms with Crippen LogP contribution < -0.4 is 20.1 Å². The van der Waals surface area contributed by atoms with E-state index in [1.54, 1.807) is 6.07 Å². The van der Waals surface area contributed by atoms with Gasteiger partial charge >= 0.3 is 0 Å². The molecular weight excluding hydrogens is 322 g/mol. The van der Waals surface area contributed by atoms with Crippen LogP contribution in [0.2, 0.25) is 0 Å². The van der Waals surface area contributed by atoms with E-state index in [4.69, 9.17) is 5.26 Å². The molecule has 2 aromatic rings. The number of amides is 1. The molecule has 1 saturated heterocycles. The number of carbonyl (C=O) groups excluding carboxylic acids is 1. The summed E-state index contributed by atoms with van der Waals surface area (Å²) < 4.78 is 0. The molecule has 0 atom stereocenters. The maximum Gasteiger partial charge on any atom is 0.274 e. The topological polar surface area (TPSA) is 74.7 Å². The second-order valence-electron chi connectivity index (χ2n) is 5.81. The standard InChI is InChI=1S/C17H19N5OS/c18-13-14-5-12-24-17(14)20-16(23)4-7-21-8-10-22(11-9-21)15-3-1-2-6-19-15/h1-3,5-6,12H,4,7-11H2,(H,20,23)/p+2. The molecule has 7 heteroatoms. The summed E-state index contributed by atoms with van der Waals surface area (Å²) in [7, 11) is 0. The number of thiophene rings is 1. The first kappa shape index (κ1) is 16.4. The van der Waals surface area contributed by atoms with Gasteiger partial charge in [0.05, 0.1) is 24.7 Å². The molecule has 124 valence electrons. The third-order valence-corrected chi connectivity index (χ3v) is 5.08. The van der Waals surface area contributed by atoms with Gasteiger partial charge in [0.2, 0.25) is 5.91 Å². The van der Waals surface area contributed by atoms with Crippen LogP contribution in [0.1, 0.15) is 12.0 Å². The molecule has 0 unspecified atom stereocenters. The predicted octanol–water partition coefficient (Wildman–Crippen LogP) is 0.168. The quantitative estimate of drug-likeness (QED) is 0.813. The van der Waals surface area contributed by atoms with Crippen molar-refractivity contribution in [1.82, 2.24) is 0 Å². The maximum atomic E-state index is 12.1. The third kappa shape index (κ3) is 4.10. The highest BCUT2D eigenvalue weighted by Gasteiger charge is 2.26. The summed E-state index contributed by atoms with van der Waals surface area (Å²) in [5.41, 5.74) is 0.536. The van der Waals surface area contributed by atoms with Gasteiger partial charge in [-0.2, -0.15) is 5.26 Å². The first-order valence-electron chi connectivity index (χ1n) is 8.09. The number of hydrogen-bond donors (Lipinski definition) is 2. The molecule has 1 aliphatic heterocycles. The van der Waals surface area contributed by atoms with Gasteiger partial charge in [-0.1, -0.05) is 6.07 Å². The Labute approximate surface area is 145 Å². The number of rotatable bonds is 5. The second kappa shape index (κ2) is 7.90. The Hall–Kier alpha value is -2.43. The van der Waals surface area contributed by atoms with Gasteiger partial charge in [-0.25, -0.2) is 4.98 Å². The lowest BCUT2D eigenvalue weighted by atomic mass is 10.2. The zero-order valence-corrected chi connectivity index (χ0v) is 14.2. The summed E-state index contributed by atoms with van der Waals surface area (Å²) in [6.07, 6.45) is 2.43. The van der Waals surface area contributed by atoms with Gasteiger partial charge in [0, 0.05) is 6.07 Å². The maximum absolute atomic E-state index is 12.1. The Morgan fingerprint density at radius 1 is 1.38 bits per heavy atom. The number of H-pyrrole nitrogens is 1. The van der Waals surface area contributed by atoms with Gasteiger partial charge in [-0.3, -0.25) is 9.69 Å². The summed E-state index contributed by atoms with van der Waals surface area (Å²) in [6, 6.07) is 9.92. The molecular formula is C17H21N5OS+2. The summed E-state index contributed by atoms with van der Waals surface area (Å²) in [5, 5.41) is 14.3. The van der Waals surface area contributed by atoms with Gasteiger partial charge in [-0.05, 0) is 17.5 Å². The summed E-state index contributed by atoms with van der Waals surface area (Å²) in [5.74, 6) is 1.14. The number of anilines is 2. The lowest BCUT2D eigenvalue weighted by Crippen LogP contribution is -3.15. The minimum absolute atomic E-state index is 0.0136. The van der Waals surface area contributed by atoms with E-state index in [2.05, 4.69) is 27.3 Å². The van der Waals surface area contributed by atoms with Crippen LogP contribution in [0.15, 0.2) is 35.8 Å². The van der Waals surface area contributed by atoms with Gasteiger partial charge in [0.1, 0.15) is 37.2 Å². The zero-order chi connectivity index (χ0) is 16.8. The van der Waals surface area contributed by atoms with Crippen molar-refractivity contribution in [3.63, 3.8) is 0 Å². The molecule has 1 fully saturated rings. The van der Waals surface area contributed by atoms with Gasteiger partial charge in [0.15, 0.2) is 0 Å². The Kier molecular flexibility index (Phi) is 5.41. The number of carbonyl (C=O) groups is 1. The highest BCUT2D eigenvalue weighted by Crippen LogP contribution is 2.21. The molecule has 3 heterocycles. The number of hydrogen-bond acceptors (Lipinski definition) is 4. The molecule has 0 spiro atoms. The summed E-state index contributed by atoms with van der Waals surface area (Å²) in [4.78, 5) is 19.1. The van der Waals surface area contributed by atoms with Crippen LogP contribution in [0.5, 0.6) is 0 Å². The van der Waals surface area contributed by atoms with Crippen molar-refractivity contribution in [1.29, 1.82) is 5.26 Å². The van der Waals surface area contributed by atoms with E-state index in [-0.39, 0.29) is 5.91 Å². The van der Waals surface area contributed by atoms with E-state index in [0.29, 0.717) is 17.0 Å². The molecule has 1 amide bonds. The van der Waals surface area contributed by atoms with E-state index >= 15 is 0 Å². The zero-order valence-electron chi connectivity index (χ0n) is 13.4. The van der Waals surface area contributed by atoms with Gasteiger partial charge in [-0.15, -0.1) is 11.3 Å². The number of piperazine rings is 1. The molecule has 24 heavy (non-hydrogen) atoms. The largest absolute Gasteiger partial charge is 0.328 e. The lowest BCUT2D eigenvalue weighted by Gasteiger charge is -2.28. The van der Waals surface area contributed by atoms with Gasteiger partial charge in [0.25, 0.3) is 5.82 Å². The van der Waals surface area contributed by atoms with Crippen molar-refractivity contribution in [2.75, 3.05) is 42.9 Å². The Bertz CT molecular complexity index is 716. The Morgan fingerprint density at radius 3 is 2.92 bits per heavy atom. The highest BCUT2D eigenvalue weighted by molar-refractivity contribution is 7.14. The highest BCUT2D eigenvalue weighted by atomic mass is 32.1. The van der Waals surface area contributed by atoms with Crippen molar-refractivity contribution in [2.45, 2.75) is 6.42 Å². The number of aromatic amines is 1. The van der Waals surface area contributed by atoms with Crippen LogP contribution in [0, 0.1) is 11.3 Å². The number of aromatic nitrogens is 1. The van der Waals surface area contributed by atoms with E-state index in [1.165, 1.54) is 16.2 Å². The van der Waals surface area contributed by atoms with Crippen molar-refractivity contribution in [3.05, 3.63) is 41.4 Å². The first-order valence-corrected chi connectivity index (χ1v) is 8.97. The van der Waals surface area contributed by atoms with Crippen molar-refractivity contribution >= 4 is 28.1 Å². The van der Waals surface area contributed by atoms with E-state index in [0.717, 1.165) is 38.5 Å². The van der Waals surface area contributed by atoms with Crippen molar-refractivity contribution < 1.29 is 14.7 Å². The van der Waals surface area contributed by atoms with Crippen molar-refractivity contribution in [3.8, 4) is 6.07 Å². The number of pyridine rings is 1.